The van der Waals surface area contributed by atoms with Gasteiger partial charge in [-0.2, -0.15) is 0 Å². The fourth-order valence-electron chi connectivity index (χ4n) is 1.30. The van der Waals surface area contributed by atoms with Gasteiger partial charge in [-0.15, -0.1) is 0 Å². The Morgan fingerprint density at radius 1 is 1.77 bits per heavy atom. The van der Waals surface area contributed by atoms with E-state index >= 15 is 0 Å². The van der Waals surface area contributed by atoms with Crippen LogP contribution < -0.4 is 5.32 Å². The van der Waals surface area contributed by atoms with Crippen molar-refractivity contribution in [2.75, 3.05) is 5.32 Å². The minimum atomic E-state index is 0.0225. The van der Waals surface area contributed by atoms with E-state index in [2.05, 4.69) is 17.2 Å². The van der Waals surface area contributed by atoms with Crippen molar-refractivity contribution in [3.05, 3.63) is 12.0 Å². The predicted molar refractivity (Wildman–Crippen MR) is 47.1 cm³/mol. The fraction of sp³-hybridized carbons (Fsp3) is 0.556. The van der Waals surface area contributed by atoms with Crippen molar-refractivity contribution >= 4 is 11.9 Å². The lowest BCUT2D eigenvalue weighted by molar-refractivity contribution is -0.117. The summed E-state index contributed by atoms with van der Waals surface area (Å²) in [5.74, 6) is 1.40. The van der Waals surface area contributed by atoms with E-state index in [0.717, 1.165) is 6.42 Å². The van der Waals surface area contributed by atoms with Crippen LogP contribution in [0, 0.1) is 18.8 Å². The Labute approximate surface area is 76.3 Å². The van der Waals surface area contributed by atoms with Crippen molar-refractivity contribution in [1.29, 1.82) is 0 Å². The van der Waals surface area contributed by atoms with Crippen molar-refractivity contribution in [1.82, 2.24) is 4.98 Å². The lowest BCUT2D eigenvalue weighted by atomic mass is 10.3. The zero-order valence-corrected chi connectivity index (χ0v) is 7.70. The molecular weight excluding hydrogens is 168 g/mol. The normalized spacial score (nSPS) is 25.7. The van der Waals surface area contributed by atoms with Gasteiger partial charge in [-0.3, -0.25) is 10.1 Å². The number of carbonyl (C=O) groups is 1. The monoisotopic (exact) mass is 180 g/mol. The van der Waals surface area contributed by atoms with Gasteiger partial charge in [-0.25, -0.2) is 4.98 Å². The molecule has 0 bridgehead atoms. The van der Waals surface area contributed by atoms with Crippen molar-refractivity contribution in [2.24, 2.45) is 11.8 Å². The molecular formula is C9H12N2O2. The molecule has 1 aromatic rings. The van der Waals surface area contributed by atoms with Crippen LogP contribution in [0.25, 0.3) is 0 Å². The van der Waals surface area contributed by atoms with Gasteiger partial charge in [0.15, 0.2) is 0 Å². The predicted octanol–water partition coefficient (Wildman–Crippen LogP) is 1.58. The number of aromatic nitrogens is 1. The number of anilines is 1. The smallest absolute Gasteiger partial charge is 0.301 e. The van der Waals surface area contributed by atoms with Gasteiger partial charge >= 0.3 is 6.01 Å². The highest BCUT2D eigenvalue weighted by molar-refractivity contribution is 5.92. The average Bonchev–Trinajstić information content (AvgIpc) is 2.66. The average molecular weight is 180 g/mol. The molecule has 2 unspecified atom stereocenters. The number of carbonyl (C=O) groups excluding carboxylic acids is 1. The highest BCUT2D eigenvalue weighted by Crippen LogP contribution is 2.38. The molecule has 1 fully saturated rings. The molecule has 1 heterocycles. The number of nitrogens with one attached hydrogen (secondary N) is 1. The van der Waals surface area contributed by atoms with Crippen LogP contribution in [-0.2, 0) is 4.79 Å². The second-order valence-electron chi connectivity index (χ2n) is 3.58. The number of amides is 1. The summed E-state index contributed by atoms with van der Waals surface area (Å²) >= 11 is 0. The van der Waals surface area contributed by atoms with E-state index in [0.29, 0.717) is 17.7 Å². The molecule has 13 heavy (non-hydrogen) atoms. The van der Waals surface area contributed by atoms with Crippen LogP contribution in [0.15, 0.2) is 10.6 Å². The number of nitrogens with zero attached hydrogens (tertiary/aromatic N) is 1. The van der Waals surface area contributed by atoms with Gasteiger partial charge in [0.25, 0.3) is 0 Å². The minimum absolute atomic E-state index is 0.0225. The summed E-state index contributed by atoms with van der Waals surface area (Å²) in [6, 6.07) is 0.307. The summed E-state index contributed by atoms with van der Waals surface area (Å²) in [6.07, 6.45) is 2.57. The maximum Gasteiger partial charge on any atom is 0.301 e. The molecule has 1 aliphatic carbocycles. The molecule has 2 rings (SSSR count). The zero-order chi connectivity index (χ0) is 9.42. The van der Waals surface area contributed by atoms with E-state index in [1.165, 1.54) is 0 Å². The zero-order valence-electron chi connectivity index (χ0n) is 7.70. The molecule has 0 spiro atoms. The summed E-state index contributed by atoms with van der Waals surface area (Å²) in [6.45, 7) is 3.85. The van der Waals surface area contributed by atoms with Gasteiger partial charge < -0.3 is 4.42 Å². The molecule has 2 atom stereocenters. The van der Waals surface area contributed by atoms with Gasteiger partial charge in [-0.05, 0) is 19.3 Å². The van der Waals surface area contributed by atoms with E-state index in [4.69, 9.17) is 4.42 Å². The first-order valence-corrected chi connectivity index (χ1v) is 4.40. The third-order valence-corrected chi connectivity index (χ3v) is 2.30. The number of rotatable bonds is 2. The molecule has 70 valence electrons. The molecule has 1 aliphatic rings. The number of aryl methyl sites for hydroxylation is 1. The van der Waals surface area contributed by atoms with Gasteiger partial charge in [-0.1, -0.05) is 6.92 Å². The molecule has 1 amide bonds. The topological polar surface area (TPSA) is 55.1 Å². The van der Waals surface area contributed by atoms with Crippen LogP contribution in [-0.4, -0.2) is 10.9 Å². The third kappa shape index (κ3) is 1.71. The Bertz CT molecular complexity index is 332. The lowest BCUT2D eigenvalue weighted by Gasteiger charge is -1.97. The van der Waals surface area contributed by atoms with Gasteiger partial charge in [0, 0.05) is 5.92 Å². The molecule has 1 N–H and O–H groups in total. The summed E-state index contributed by atoms with van der Waals surface area (Å²) in [5, 5.41) is 2.64. The number of hydrogen-bond acceptors (Lipinski definition) is 3. The first-order chi connectivity index (χ1) is 6.16. The van der Waals surface area contributed by atoms with Crippen LogP contribution in [0.3, 0.4) is 0 Å². The fourth-order valence-corrected chi connectivity index (χ4v) is 1.30. The maximum absolute atomic E-state index is 11.4. The SMILES string of the molecule is Cc1cnc(NC(=O)C2CC2C)o1. The van der Waals surface area contributed by atoms with Crippen LogP contribution in [0.4, 0.5) is 6.01 Å². The van der Waals surface area contributed by atoms with E-state index < -0.39 is 0 Å². The molecule has 0 aliphatic heterocycles. The number of oxazole rings is 1. The van der Waals surface area contributed by atoms with E-state index in [9.17, 15) is 4.79 Å². The highest BCUT2D eigenvalue weighted by atomic mass is 16.4. The summed E-state index contributed by atoms with van der Waals surface area (Å²) in [7, 11) is 0. The molecule has 4 heteroatoms. The summed E-state index contributed by atoms with van der Waals surface area (Å²) in [4.78, 5) is 15.3. The number of hydrogen-bond donors (Lipinski definition) is 1. The second-order valence-corrected chi connectivity index (χ2v) is 3.58. The van der Waals surface area contributed by atoms with Crippen molar-refractivity contribution in [3.63, 3.8) is 0 Å². The van der Waals surface area contributed by atoms with Crippen LogP contribution >= 0.6 is 0 Å². The first-order valence-electron chi connectivity index (χ1n) is 4.40. The third-order valence-electron chi connectivity index (χ3n) is 2.30. The molecule has 0 saturated heterocycles. The van der Waals surface area contributed by atoms with Gasteiger partial charge in [0.2, 0.25) is 5.91 Å². The summed E-state index contributed by atoms with van der Waals surface area (Å²) in [5.41, 5.74) is 0. The lowest BCUT2D eigenvalue weighted by Crippen LogP contribution is -2.14. The van der Waals surface area contributed by atoms with Crippen molar-refractivity contribution < 1.29 is 9.21 Å². The molecule has 0 aromatic carbocycles. The van der Waals surface area contributed by atoms with E-state index in [1.807, 2.05) is 0 Å². The van der Waals surface area contributed by atoms with Crippen LogP contribution in [0.5, 0.6) is 0 Å². The van der Waals surface area contributed by atoms with Gasteiger partial charge in [0.1, 0.15) is 5.76 Å². The Morgan fingerprint density at radius 2 is 2.46 bits per heavy atom. The van der Waals surface area contributed by atoms with E-state index in [-0.39, 0.29) is 11.8 Å². The van der Waals surface area contributed by atoms with E-state index in [1.54, 1.807) is 13.1 Å². The van der Waals surface area contributed by atoms with Gasteiger partial charge in [0.05, 0.1) is 6.20 Å². The highest BCUT2D eigenvalue weighted by Gasteiger charge is 2.39. The summed E-state index contributed by atoms with van der Waals surface area (Å²) < 4.78 is 5.12. The Hall–Kier alpha value is -1.32. The largest absolute Gasteiger partial charge is 0.429 e. The maximum atomic E-state index is 11.4. The van der Waals surface area contributed by atoms with Crippen molar-refractivity contribution in [3.8, 4) is 0 Å². The quantitative estimate of drug-likeness (QED) is 0.751. The van der Waals surface area contributed by atoms with Crippen molar-refractivity contribution in [2.45, 2.75) is 20.3 Å². The first kappa shape index (κ1) is 8.29. The molecule has 0 radical (unpaired) electrons. The molecule has 1 aromatic heterocycles. The molecule has 1 saturated carbocycles. The Morgan fingerprint density at radius 3 is 2.92 bits per heavy atom. The van der Waals surface area contributed by atoms with Crippen LogP contribution in [0.2, 0.25) is 0 Å². The Kier molecular flexibility index (Phi) is 1.83. The minimum Gasteiger partial charge on any atom is -0.429 e. The Balaban J connectivity index is 1.95. The molecule has 4 nitrogen and oxygen atoms in total. The van der Waals surface area contributed by atoms with Crippen LogP contribution in [0.1, 0.15) is 19.1 Å². The standard InChI is InChI=1S/C9H12N2O2/c1-5-3-7(5)8(12)11-9-10-4-6(2)13-9/h4-5,7H,3H2,1-2H3,(H,10,11,12). The second kappa shape index (κ2) is 2.87.